The van der Waals surface area contributed by atoms with Crippen LogP contribution in [-0.2, 0) is 13.9 Å². The van der Waals surface area contributed by atoms with Crippen molar-refractivity contribution in [3.05, 3.63) is 0 Å². The van der Waals surface area contributed by atoms with Crippen molar-refractivity contribution in [1.29, 1.82) is 0 Å². The van der Waals surface area contributed by atoms with E-state index in [9.17, 15) is 9.13 Å². The topological polar surface area (TPSA) is 148 Å². The SMILES string of the molecule is CC(CN(P(=O)(O)O)P(=O)(O)O)OCCO. The maximum absolute atomic E-state index is 10.8. The Morgan fingerprint density at radius 1 is 1.19 bits per heavy atom. The third-order valence-corrected chi connectivity index (χ3v) is 4.44. The molecule has 1 unspecified atom stereocenters. The highest BCUT2D eigenvalue weighted by atomic mass is 31.3. The molecule has 0 radical (unpaired) electrons. The molecule has 0 aliphatic carbocycles. The van der Waals surface area contributed by atoms with Crippen molar-refractivity contribution in [2.75, 3.05) is 19.8 Å². The zero-order valence-corrected chi connectivity index (χ0v) is 10.3. The van der Waals surface area contributed by atoms with E-state index < -0.39 is 28.1 Å². The van der Waals surface area contributed by atoms with Gasteiger partial charge in [0.15, 0.2) is 0 Å². The van der Waals surface area contributed by atoms with E-state index in [1.807, 2.05) is 0 Å². The van der Waals surface area contributed by atoms with Gasteiger partial charge in [-0.25, -0.2) is 9.13 Å². The predicted octanol–water partition coefficient (Wildman–Crippen LogP) is -1.13. The van der Waals surface area contributed by atoms with E-state index in [4.69, 9.17) is 29.4 Å². The van der Waals surface area contributed by atoms with Crippen LogP contribution in [0.4, 0.5) is 0 Å². The number of hydrogen-bond acceptors (Lipinski definition) is 4. The summed E-state index contributed by atoms with van der Waals surface area (Å²) in [6.07, 6.45) is -0.840. The van der Waals surface area contributed by atoms with Crippen molar-refractivity contribution in [3.8, 4) is 0 Å². The average molecular weight is 279 g/mol. The van der Waals surface area contributed by atoms with Crippen LogP contribution in [0.5, 0.6) is 0 Å². The first-order chi connectivity index (χ1) is 7.09. The molecule has 5 N–H and O–H groups in total. The molecule has 0 aromatic rings. The lowest BCUT2D eigenvalue weighted by Gasteiger charge is -2.26. The summed E-state index contributed by atoms with van der Waals surface area (Å²) in [4.78, 5) is 34.9. The fourth-order valence-electron chi connectivity index (χ4n) is 0.901. The Morgan fingerprint density at radius 2 is 1.62 bits per heavy atom. The highest BCUT2D eigenvalue weighted by Crippen LogP contribution is 2.57. The van der Waals surface area contributed by atoms with Crippen LogP contribution in [-0.4, -0.2) is 55.0 Å². The molecule has 0 aliphatic rings. The minimum absolute atomic E-state index is 0.0860. The highest BCUT2D eigenvalue weighted by molar-refractivity contribution is 7.65. The molecule has 0 bridgehead atoms. The molecule has 11 heteroatoms. The quantitative estimate of drug-likeness (QED) is 0.365. The summed E-state index contributed by atoms with van der Waals surface area (Å²) in [6.45, 7) is 0.343. The summed E-state index contributed by atoms with van der Waals surface area (Å²) < 4.78 is 26.2. The van der Waals surface area contributed by atoms with Crippen LogP contribution in [0.15, 0.2) is 0 Å². The molecule has 0 aliphatic heterocycles. The van der Waals surface area contributed by atoms with Gasteiger partial charge in [-0.1, -0.05) is 0 Å². The van der Waals surface area contributed by atoms with Gasteiger partial charge in [-0.2, -0.15) is 0 Å². The van der Waals surface area contributed by atoms with Gasteiger partial charge in [-0.3, -0.25) is 0 Å². The Hall–Kier alpha value is 0.180. The lowest BCUT2D eigenvalue weighted by Crippen LogP contribution is -2.28. The van der Waals surface area contributed by atoms with Gasteiger partial charge in [0.2, 0.25) is 0 Å². The zero-order chi connectivity index (χ0) is 13.0. The molecule has 0 saturated carbocycles. The number of aliphatic hydroxyl groups excluding tert-OH is 1. The van der Waals surface area contributed by atoms with Crippen LogP contribution < -0.4 is 0 Å². The minimum atomic E-state index is -5.06. The largest absolute Gasteiger partial charge is 0.412 e. The Bertz CT molecular complexity index is 275. The van der Waals surface area contributed by atoms with Crippen LogP contribution in [0.1, 0.15) is 6.92 Å². The maximum atomic E-state index is 10.8. The van der Waals surface area contributed by atoms with E-state index in [0.717, 1.165) is 0 Å². The third-order valence-electron chi connectivity index (χ3n) is 1.52. The molecule has 0 amide bonds. The second kappa shape index (κ2) is 6.20. The second-order valence-corrected chi connectivity index (χ2v) is 6.32. The molecule has 0 aromatic heterocycles. The van der Waals surface area contributed by atoms with E-state index in [2.05, 4.69) is 0 Å². The normalized spacial score (nSPS) is 15.4. The minimum Gasteiger partial charge on any atom is -0.394 e. The predicted molar refractivity (Wildman–Crippen MR) is 53.3 cm³/mol. The van der Waals surface area contributed by atoms with Crippen molar-refractivity contribution in [3.63, 3.8) is 0 Å². The molecule has 0 saturated heterocycles. The van der Waals surface area contributed by atoms with Crippen molar-refractivity contribution < 1.29 is 38.5 Å². The molecule has 0 aromatic carbocycles. The number of nitrogens with zero attached hydrogens (tertiary/aromatic N) is 1. The van der Waals surface area contributed by atoms with E-state index >= 15 is 0 Å². The summed E-state index contributed by atoms with van der Waals surface area (Å²) in [7, 11) is -10.1. The van der Waals surface area contributed by atoms with Crippen LogP contribution >= 0.6 is 15.5 Å². The first-order valence-electron chi connectivity index (χ1n) is 4.21. The first kappa shape index (κ1) is 16.2. The second-order valence-electron chi connectivity index (χ2n) is 2.99. The van der Waals surface area contributed by atoms with Gasteiger partial charge in [-0.15, -0.1) is 4.44 Å². The van der Waals surface area contributed by atoms with Gasteiger partial charge >= 0.3 is 15.5 Å². The van der Waals surface area contributed by atoms with Crippen LogP contribution in [0.3, 0.4) is 0 Å². The van der Waals surface area contributed by atoms with E-state index in [1.54, 1.807) is 0 Å². The number of ether oxygens (including phenoxy) is 1. The summed E-state index contributed by atoms with van der Waals surface area (Å²) in [5.41, 5.74) is 0. The standard InChI is InChI=1S/C5H15NO8P2/c1-5(14-3-2-7)4-6(15(8,9)10)16(11,12)13/h5,7H,2-4H2,1H3,(H2,8,9,10)(H2,11,12,13). The molecule has 16 heavy (non-hydrogen) atoms. The van der Waals surface area contributed by atoms with E-state index in [-0.39, 0.29) is 17.7 Å². The molecular weight excluding hydrogens is 264 g/mol. The fourth-order valence-corrected chi connectivity index (χ4v) is 3.00. The molecule has 9 nitrogen and oxygen atoms in total. The molecule has 1 atom stereocenters. The molecular formula is C5H15NO8P2. The van der Waals surface area contributed by atoms with Gasteiger partial charge < -0.3 is 29.4 Å². The van der Waals surface area contributed by atoms with Crippen LogP contribution in [0.2, 0.25) is 0 Å². The summed E-state index contributed by atoms with van der Waals surface area (Å²) in [5, 5.41) is 8.42. The summed E-state index contributed by atoms with van der Waals surface area (Å²) >= 11 is 0. The lowest BCUT2D eigenvalue weighted by atomic mass is 10.4. The Balaban J connectivity index is 4.59. The maximum Gasteiger partial charge on any atom is 0.412 e. The van der Waals surface area contributed by atoms with Gasteiger partial charge in [-0.05, 0) is 6.92 Å². The van der Waals surface area contributed by atoms with Gasteiger partial charge in [0.05, 0.1) is 19.3 Å². The van der Waals surface area contributed by atoms with Crippen molar-refractivity contribution >= 4 is 15.5 Å². The first-order valence-corrected chi connectivity index (χ1v) is 7.34. The highest BCUT2D eigenvalue weighted by Gasteiger charge is 2.40. The monoisotopic (exact) mass is 279 g/mol. The number of hydrogen-bond donors (Lipinski definition) is 5. The van der Waals surface area contributed by atoms with Crippen molar-refractivity contribution in [2.24, 2.45) is 0 Å². The van der Waals surface area contributed by atoms with Gasteiger partial charge in [0, 0.05) is 6.54 Å². The number of aliphatic hydroxyl groups is 1. The Labute approximate surface area is 92.1 Å². The zero-order valence-electron chi connectivity index (χ0n) is 8.50. The van der Waals surface area contributed by atoms with Crippen molar-refractivity contribution in [2.45, 2.75) is 13.0 Å². The Kier molecular flexibility index (Phi) is 6.27. The lowest BCUT2D eigenvalue weighted by molar-refractivity contribution is 0.0317. The average Bonchev–Trinajstić information content (AvgIpc) is 2.07. The third kappa shape index (κ3) is 6.05. The van der Waals surface area contributed by atoms with E-state index in [0.29, 0.717) is 0 Å². The summed E-state index contributed by atoms with van der Waals surface area (Å²) in [5.74, 6) is 0. The molecule has 0 fully saturated rings. The van der Waals surface area contributed by atoms with Crippen LogP contribution in [0, 0.1) is 0 Å². The molecule has 98 valence electrons. The van der Waals surface area contributed by atoms with E-state index in [1.165, 1.54) is 6.92 Å². The molecule has 0 rings (SSSR count). The number of rotatable bonds is 7. The smallest absolute Gasteiger partial charge is 0.394 e. The Morgan fingerprint density at radius 3 is 1.94 bits per heavy atom. The fraction of sp³-hybridized carbons (Fsp3) is 1.00. The molecule has 0 heterocycles. The van der Waals surface area contributed by atoms with Crippen LogP contribution in [0.25, 0.3) is 0 Å². The summed E-state index contributed by atoms with van der Waals surface area (Å²) in [6, 6.07) is 0. The molecule has 0 spiro atoms. The van der Waals surface area contributed by atoms with Crippen molar-refractivity contribution in [1.82, 2.24) is 4.44 Å². The van der Waals surface area contributed by atoms with Gasteiger partial charge in [0.25, 0.3) is 0 Å². The van der Waals surface area contributed by atoms with Gasteiger partial charge in [0.1, 0.15) is 0 Å².